The molecule has 0 aliphatic carbocycles. The molecule has 4 rings (SSSR count). The Hall–Kier alpha value is -2.74. The molecule has 1 aliphatic rings. The number of Topliss-reactive ketones (excluding diaryl/α,β-unsaturated/α-hetero) is 1. The lowest BCUT2D eigenvalue weighted by Crippen LogP contribution is -2.38. The third kappa shape index (κ3) is 4.22. The Morgan fingerprint density at radius 3 is 2.89 bits per heavy atom. The molecule has 1 saturated heterocycles. The van der Waals surface area contributed by atoms with E-state index in [1.807, 2.05) is 24.3 Å². The predicted molar refractivity (Wildman–Crippen MR) is 106 cm³/mol. The molecule has 1 fully saturated rings. The molecule has 0 atom stereocenters. The van der Waals surface area contributed by atoms with Crippen LogP contribution in [0.1, 0.15) is 10.4 Å². The van der Waals surface area contributed by atoms with Crippen LogP contribution < -0.4 is 4.74 Å². The number of ether oxygens (including phenoxy) is 2. The maximum atomic E-state index is 11.7. The molecule has 0 saturated carbocycles. The highest BCUT2D eigenvalue weighted by Gasteiger charge is 2.11. The standard InChI is InChI=1S/C21H23N3O4/c25-14-20(26)15-4-5-18-19(13-15)23-21(22-18)16-2-1-3-17(12-16)28-11-8-24-6-9-27-10-7-24/h1-5,12-13,25H,6-11,14H2,(H,22,23). The van der Waals surface area contributed by atoms with Crippen molar-refractivity contribution in [2.75, 3.05) is 46.1 Å². The van der Waals surface area contributed by atoms with Gasteiger partial charge < -0.3 is 19.6 Å². The van der Waals surface area contributed by atoms with Crippen molar-refractivity contribution < 1.29 is 19.4 Å². The zero-order chi connectivity index (χ0) is 19.3. The number of fused-ring (bicyclic) bond motifs is 1. The number of aliphatic hydroxyl groups is 1. The third-order valence-electron chi connectivity index (χ3n) is 4.83. The van der Waals surface area contributed by atoms with Crippen LogP contribution >= 0.6 is 0 Å². The lowest BCUT2D eigenvalue weighted by Gasteiger charge is -2.26. The van der Waals surface area contributed by atoms with E-state index >= 15 is 0 Å². The van der Waals surface area contributed by atoms with Crippen molar-refractivity contribution in [3.63, 3.8) is 0 Å². The molecular formula is C21H23N3O4. The Morgan fingerprint density at radius 1 is 1.21 bits per heavy atom. The fourth-order valence-corrected chi connectivity index (χ4v) is 3.26. The molecule has 7 heteroatoms. The molecule has 146 valence electrons. The van der Waals surface area contributed by atoms with Gasteiger partial charge in [-0.1, -0.05) is 12.1 Å². The zero-order valence-corrected chi connectivity index (χ0v) is 15.6. The normalized spacial score (nSPS) is 15.0. The maximum absolute atomic E-state index is 11.7. The molecule has 0 bridgehead atoms. The molecule has 28 heavy (non-hydrogen) atoms. The molecule has 0 unspecified atom stereocenters. The second-order valence-electron chi connectivity index (χ2n) is 6.73. The summed E-state index contributed by atoms with van der Waals surface area (Å²) < 4.78 is 11.3. The number of imidazole rings is 1. The van der Waals surface area contributed by atoms with Crippen LogP contribution in [0.5, 0.6) is 5.75 Å². The van der Waals surface area contributed by atoms with Crippen LogP contribution in [0.25, 0.3) is 22.4 Å². The molecule has 1 aliphatic heterocycles. The molecule has 7 nitrogen and oxygen atoms in total. The number of morpholine rings is 1. The molecule has 2 N–H and O–H groups in total. The Labute approximate surface area is 162 Å². The Balaban J connectivity index is 1.46. The van der Waals surface area contributed by atoms with E-state index in [1.54, 1.807) is 18.2 Å². The summed E-state index contributed by atoms with van der Waals surface area (Å²) in [4.78, 5) is 21.9. The minimum absolute atomic E-state index is 0.311. The summed E-state index contributed by atoms with van der Waals surface area (Å²) in [5, 5.41) is 9.03. The lowest BCUT2D eigenvalue weighted by atomic mass is 10.1. The molecule has 0 radical (unpaired) electrons. The number of rotatable bonds is 7. The topological polar surface area (TPSA) is 87.7 Å². The first-order valence-corrected chi connectivity index (χ1v) is 9.40. The van der Waals surface area contributed by atoms with Crippen molar-refractivity contribution >= 4 is 16.8 Å². The van der Waals surface area contributed by atoms with Gasteiger partial charge in [0.2, 0.25) is 0 Å². The second kappa shape index (κ2) is 8.52. The summed E-state index contributed by atoms with van der Waals surface area (Å²) in [5.74, 6) is 1.19. The summed E-state index contributed by atoms with van der Waals surface area (Å²) in [6.45, 7) is 4.46. The van der Waals surface area contributed by atoms with Gasteiger partial charge in [0.15, 0.2) is 5.78 Å². The van der Waals surface area contributed by atoms with E-state index in [0.29, 0.717) is 18.0 Å². The number of hydrogen-bond acceptors (Lipinski definition) is 6. The highest BCUT2D eigenvalue weighted by Crippen LogP contribution is 2.25. The van der Waals surface area contributed by atoms with Crippen molar-refractivity contribution in [2.45, 2.75) is 0 Å². The molecule has 3 aromatic rings. The molecule has 2 aromatic carbocycles. The Bertz CT molecular complexity index is 963. The van der Waals surface area contributed by atoms with Gasteiger partial charge in [0.1, 0.15) is 24.8 Å². The van der Waals surface area contributed by atoms with Crippen LogP contribution in [0, 0.1) is 0 Å². The van der Waals surface area contributed by atoms with E-state index in [-0.39, 0.29) is 5.78 Å². The van der Waals surface area contributed by atoms with Gasteiger partial charge in [-0.15, -0.1) is 0 Å². The van der Waals surface area contributed by atoms with Crippen LogP contribution in [-0.4, -0.2) is 71.8 Å². The summed E-state index contributed by atoms with van der Waals surface area (Å²) in [6, 6.07) is 13.0. The second-order valence-corrected chi connectivity index (χ2v) is 6.73. The van der Waals surface area contributed by atoms with E-state index < -0.39 is 6.61 Å². The van der Waals surface area contributed by atoms with Gasteiger partial charge >= 0.3 is 0 Å². The Kier molecular flexibility index (Phi) is 5.66. The molecule has 1 aromatic heterocycles. The van der Waals surface area contributed by atoms with Gasteiger partial charge in [-0.2, -0.15) is 0 Å². The van der Waals surface area contributed by atoms with Crippen molar-refractivity contribution in [2.24, 2.45) is 0 Å². The fraction of sp³-hybridized carbons (Fsp3) is 0.333. The average Bonchev–Trinajstić information content (AvgIpc) is 3.17. The minimum atomic E-state index is -0.504. The van der Waals surface area contributed by atoms with Crippen LogP contribution in [0.4, 0.5) is 0 Å². The first-order chi connectivity index (χ1) is 13.7. The van der Waals surface area contributed by atoms with Gasteiger partial charge in [0.25, 0.3) is 0 Å². The van der Waals surface area contributed by atoms with E-state index in [1.165, 1.54) is 0 Å². The van der Waals surface area contributed by atoms with Crippen LogP contribution in [0.15, 0.2) is 42.5 Å². The summed E-state index contributed by atoms with van der Waals surface area (Å²) >= 11 is 0. The van der Waals surface area contributed by atoms with Gasteiger partial charge in [-0.25, -0.2) is 4.98 Å². The Morgan fingerprint density at radius 2 is 2.07 bits per heavy atom. The highest BCUT2D eigenvalue weighted by atomic mass is 16.5. The number of nitrogens with one attached hydrogen (secondary N) is 1. The van der Waals surface area contributed by atoms with Crippen molar-refractivity contribution in [1.82, 2.24) is 14.9 Å². The van der Waals surface area contributed by atoms with Crippen molar-refractivity contribution in [3.8, 4) is 17.1 Å². The highest BCUT2D eigenvalue weighted by molar-refractivity contribution is 5.99. The number of benzene rings is 2. The number of nitrogens with zero attached hydrogens (tertiary/aromatic N) is 2. The minimum Gasteiger partial charge on any atom is -0.492 e. The summed E-state index contributed by atoms with van der Waals surface area (Å²) in [6.07, 6.45) is 0. The number of aromatic nitrogens is 2. The smallest absolute Gasteiger partial charge is 0.188 e. The summed E-state index contributed by atoms with van der Waals surface area (Å²) in [5.41, 5.74) is 2.90. The zero-order valence-electron chi connectivity index (χ0n) is 15.6. The van der Waals surface area contributed by atoms with E-state index in [4.69, 9.17) is 14.6 Å². The van der Waals surface area contributed by atoms with E-state index in [2.05, 4.69) is 14.9 Å². The molecule has 0 amide bonds. The number of carbonyl (C=O) groups is 1. The number of hydrogen-bond donors (Lipinski definition) is 2. The van der Waals surface area contributed by atoms with Gasteiger partial charge in [-0.05, 0) is 30.3 Å². The largest absolute Gasteiger partial charge is 0.492 e. The van der Waals surface area contributed by atoms with Crippen molar-refractivity contribution in [3.05, 3.63) is 48.0 Å². The van der Waals surface area contributed by atoms with E-state index in [0.717, 1.165) is 55.2 Å². The number of carbonyl (C=O) groups excluding carboxylic acids is 1. The number of aromatic amines is 1. The van der Waals surface area contributed by atoms with Crippen LogP contribution in [0.2, 0.25) is 0 Å². The third-order valence-corrected chi connectivity index (χ3v) is 4.83. The van der Waals surface area contributed by atoms with E-state index in [9.17, 15) is 4.79 Å². The quantitative estimate of drug-likeness (QED) is 0.610. The van der Waals surface area contributed by atoms with Crippen LogP contribution in [0.3, 0.4) is 0 Å². The first kappa shape index (κ1) is 18.6. The molecule has 2 heterocycles. The molecular weight excluding hydrogens is 358 g/mol. The average molecular weight is 381 g/mol. The number of H-pyrrole nitrogens is 1. The van der Waals surface area contributed by atoms with Crippen LogP contribution in [-0.2, 0) is 4.74 Å². The number of ketones is 1. The number of aliphatic hydroxyl groups excluding tert-OH is 1. The van der Waals surface area contributed by atoms with Gasteiger partial charge in [0, 0.05) is 30.8 Å². The monoisotopic (exact) mass is 381 g/mol. The van der Waals surface area contributed by atoms with Crippen molar-refractivity contribution in [1.29, 1.82) is 0 Å². The predicted octanol–water partition coefficient (Wildman–Crippen LogP) is 2.12. The van der Waals surface area contributed by atoms with Gasteiger partial charge in [0.05, 0.1) is 24.2 Å². The lowest BCUT2D eigenvalue weighted by molar-refractivity contribution is 0.0322. The first-order valence-electron chi connectivity index (χ1n) is 9.40. The SMILES string of the molecule is O=C(CO)c1ccc2nc(-c3cccc(OCCN4CCOCC4)c3)[nH]c2c1. The van der Waals surface area contributed by atoms with Gasteiger partial charge in [-0.3, -0.25) is 9.69 Å². The summed E-state index contributed by atoms with van der Waals surface area (Å²) in [7, 11) is 0. The fourth-order valence-electron chi connectivity index (χ4n) is 3.26. The maximum Gasteiger partial charge on any atom is 0.188 e. The molecule has 0 spiro atoms.